The molecule has 0 aromatic heterocycles. The lowest BCUT2D eigenvalue weighted by Crippen LogP contribution is -2.28. The Morgan fingerprint density at radius 1 is 0.511 bits per heavy atom. The molecular formula is C39H70N2O4. The number of carbonyl (C=O) groups is 2. The number of hydrogen-bond donors (Lipinski definition) is 2. The van der Waals surface area contributed by atoms with Gasteiger partial charge in [0.15, 0.2) is 0 Å². The number of aryl methyl sites for hydroxylation is 1. The average molecular weight is 631 g/mol. The van der Waals surface area contributed by atoms with Crippen LogP contribution in [0.2, 0.25) is 0 Å². The van der Waals surface area contributed by atoms with E-state index in [1.54, 1.807) is 12.1 Å². The molecule has 6 nitrogen and oxygen atoms in total. The molecule has 2 amide bonds. The highest BCUT2D eigenvalue weighted by Crippen LogP contribution is 2.13. The van der Waals surface area contributed by atoms with E-state index in [1.165, 1.54) is 116 Å². The first-order valence-electron chi connectivity index (χ1n) is 18.9. The minimum Gasteiger partial charge on any atom is -0.381 e. The predicted molar refractivity (Wildman–Crippen MR) is 190 cm³/mol. The van der Waals surface area contributed by atoms with Gasteiger partial charge in [0.05, 0.1) is 0 Å². The van der Waals surface area contributed by atoms with E-state index in [0.29, 0.717) is 37.4 Å². The van der Waals surface area contributed by atoms with Gasteiger partial charge in [0.2, 0.25) is 0 Å². The fraction of sp³-hybridized carbons (Fsp3) is 0.795. The molecule has 0 saturated carbocycles. The van der Waals surface area contributed by atoms with Gasteiger partial charge in [0, 0.05) is 50.6 Å². The molecule has 0 aliphatic carbocycles. The van der Waals surface area contributed by atoms with Crippen LogP contribution in [-0.2, 0) is 9.47 Å². The van der Waals surface area contributed by atoms with Gasteiger partial charge < -0.3 is 20.1 Å². The molecule has 0 fully saturated rings. The molecule has 0 saturated heterocycles. The summed E-state index contributed by atoms with van der Waals surface area (Å²) in [6, 6.07) is 5.32. The van der Waals surface area contributed by atoms with Crippen molar-refractivity contribution in [2.75, 3.05) is 39.5 Å². The van der Waals surface area contributed by atoms with Crippen molar-refractivity contribution in [1.82, 2.24) is 10.6 Å². The summed E-state index contributed by atoms with van der Waals surface area (Å²) in [6.07, 6.45) is 28.0. The summed E-state index contributed by atoms with van der Waals surface area (Å²) in [5.41, 5.74) is 1.92. The molecule has 0 aliphatic heterocycles. The van der Waals surface area contributed by atoms with E-state index in [1.807, 2.05) is 13.0 Å². The molecule has 1 aromatic carbocycles. The van der Waals surface area contributed by atoms with Crippen LogP contribution in [0.4, 0.5) is 0 Å². The van der Waals surface area contributed by atoms with E-state index in [4.69, 9.17) is 9.47 Å². The molecular weight excluding hydrogens is 560 g/mol. The molecule has 0 unspecified atom stereocenters. The van der Waals surface area contributed by atoms with Crippen LogP contribution in [0.3, 0.4) is 0 Å². The van der Waals surface area contributed by atoms with E-state index in [9.17, 15) is 9.59 Å². The topological polar surface area (TPSA) is 76.7 Å². The molecule has 260 valence electrons. The quantitative estimate of drug-likeness (QED) is 0.0777. The maximum absolute atomic E-state index is 12.8. The lowest BCUT2D eigenvalue weighted by molar-refractivity contribution is 0.0938. The Morgan fingerprint density at radius 3 is 1.33 bits per heavy atom. The third-order valence-electron chi connectivity index (χ3n) is 8.53. The fourth-order valence-electron chi connectivity index (χ4n) is 5.54. The van der Waals surface area contributed by atoms with Crippen LogP contribution >= 0.6 is 0 Å². The summed E-state index contributed by atoms with van der Waals surface area (Å²) in [4.78, 5) is 25.5. The number of nitrogens with one attached hydrogen (secondary N) is 2. The van der Waals surface area contributed by atoms with E-state index >= 15 is 0 Å². The second-order valence-corrected chi connectivity index (χ2v) is 12.8. The van der Waals surface area contributed by atoms with Gasteiger partial charge in [-0.3, -0.25) is 9.59 Å². The van der Waals surface area contributed by atoms with Crippen molar-refractivity contribution in [2.45, 2.75) is 162 Å². The van der Waals surface area contributed by atoms with Crippen LogP contribution in [0, 0.1) is 6.92 Å². The first-order valence-corrected chi connectivity index (χ1v) is 18.9. The Kier molecular flexibility index (Phi) is 28.1. The number of amides is 2. The van der Waals surface area contributed by atoms with Crippen LogP contribution < -0.4 is 10.6 Å². The van der Waals surface area contributed by atoms with Crippen molar-refractivity contribution in [2.24, 2.45) is 0 Å². The van der Waals surface area contributed by atoms with Crippen LogP contribution in [0.25, 0.3) is 0 Å². The van der Waals surface area contributed by atoms with Crippen LogP contribution in [0.1, 0.15) is 181 Å². The van der Waals surface area contributed by atoms with E-state index in [-0.39, 0.29) is 11.8 Å². The van der Waals surface area contributed by atoms with Gasteiger partial charge in [0.1, 0.15) is 0 Å². The number of benzene rings is 1. The average Bonchev–Trinajstić information content (AvgIpc) is 3.04. The molecule has 6 heteroatoms. The van der Waals surface area contributed by atoms with Gasteiger partial charge in [-0.15, -0.1) is 0 Å². The highest BCUT2D eigenvalue weighted by molar-refractivity contribution is 6.00. The number of rotatable bonds is 32. The largest absolute Gasteiger partial charge is 0.381 e. The second-order valence-electron chi connectivity index (χ2n) is 12.8. The smallest absolute Gasteiger partial charge is 0.251 e. The molecule has 45 heavy (non-hydrogen) atoms. The van der Waals surface area contributed by atoms with Crippen molar-refractivity contribution < 1.29 is 19.1 Å². The van der Waals surface area contributed by atoms with Gasteiger partial charge in [-0.25, -0.2) is 0 Å². The van der Waals surface area contributed by atoms with Crippen molar-refractivity contribution in [3.05, 3.63) is 34.9 Å². The molecule has 0 atom stereocenters. The minimum absolute atomic E-state index is 0.141. The molecule has 1 aromatic rings. The van der Waals surface area contributed by atoms with Crippen molar-refractivity contribution in [3.63, 3.8) is 0 Å². The van der Waals surface area contributed by atoms with Gasteiger partial charge in [-0.2, -0.15) is 0 Å². The zero-order valence-electron chi connectivity index (χ0n) is 29.7. The maximum Gasteiger partial charge on any atom is 0.251 e. The molecule has 1 rings (SSSR count). The van der Waals surface area contributed by atoms with Gasteiger partial charge >= 0.3 is 0 Å². The van der Waals surface area contributed by atoms with Crippen LogP contribution in [0.5, 0.6) is 0 Å². The maximum atomic E-state index is 12.8. The molecule has 0 aliphatic rings. The summed E-state index contributed by atoms with van der Waals surface area (Å²) in [6.45, 7) is 10.5. The zero-order chi connectivity index (χ0) is 32.6. The Hall–Kier alpha value is -1.92. The van der Waals surface area contributed by atoms with Gasteiger partial charge in [-0.05, 0) is 50.3 Å². The minimum atomic E-state index is -0.154. The third-order valence-corrected chi connectivity index (χ3v) is 8.53. The van der Waals surface area contributed by atoms with Crippen LogP contribution in [0.15, 0.2) is 18.2 Å². The number of carbonyl (C=O) groups excluding carboxylic acids is 2. The Balaban J connectivity index is 2.05. The summed E-state index contributed by atoms with van der Waals surface area (Å²) >= 11 is 0. The Bertz CT molecular complexity index is 844. The molecule has 0 bridgehead atoms. The SMILES string of the molecule is CCCCCCCCCCCCOCCCNC(=O)c1ccc(C)c(C(=O)NCCCOCCCCCCCCCCCC)c1. The monoisotopic (exact) mass is 631 g/mol. The van der Waals surface area contributed by atoms with Crippen molar-refractivity contribution >= 4 is 11.8 Å². The summed E-state index contributed by atoms with van der Waals surface area (Å²) in [7, 11) is 0. The first kappa shape index (κ1) is 41.1. The normalized spacial score (nSPS) is 11.2. The lowest BCUT2D eigenvalue weighted by Gasteiger charge is -2.11. The second kappa shape index (κ2) is 30.7. The number of ether oxygens (including phenoxy) is 2. The van der Waals surface area contributed by atoms with E-state index in [0.717, 1.165) is 44.5 Å². The molecule has 0 spiro atoms. The van der Waals surface area contributed by atoms with Gasteiger partial charge in [0.25, 0.3) is 11.8 Å². The van der Waals surface area contributed by atoms with Crippen molar-refractivity contribution in [1.29, 1.82) is 0 Å². The predicted octanol–water partition coefficient (Wildman–Crippen LogP) is 10.1. The fourth-order valence-corrected chi connectivity index (χ4v) is 5.54. The molecule has 0 heterocycles. The van der Waals surface area contributed by atoms with E-state index < -0.39 is 0 Å². The highest BCUT2D eigenvalue weighted by Gasteiger charge is 2.13. The Labute approximate surface area is 277 Å². The lowest BCUT2D eigenvalue weighted by atomic mass is 10.0. The zero-order valence-corrected chi connectivity index (χ0v) is 29.7. The third kappa shape index (κ3) is 24.0. The first-order chi connectivity index (χ1) is 22.1. The van der Waals surface area contributed by atoms with E-state index in [2.05, 4.69) is 24.5 Å². The highest BCUT2D eigenvalue weighted by atomic mass is 16.5. The number of unbranched alkanes of at least 4 members (excludes halogenated alkanes) is 18. The summed E-state index contributed by atoms with van der Waals surface area (Å²) in [5, 5.41) is 5.94. The van der Waals surface area contributed by atoms with Crippen LogP contribution in [-0.4, -0.2) is 51.3 Å². The molecule has 0 radical (unpaired) electrons. The Morgan fingerprint density at radius 2 is 0.889 bits per heavy atom. The van der Waals surface area contributed by atoms with Gasteiger partial charge in [-0.1, -0.05) is 135 Å². The standard InChI is InChI=1S/C39H70N2O4/c1-4-6-8-10-12-14-16-18-20-22-30-44-32-24-28-40-38(42)36-27-26-35(3)37(34-36)39(43)41-29-25-33-45-31-23-21-19-17-15-13-11-9-7-5-2/h26-27,34H,4-25,28-33H2,1-3H3,(H,40,42)(H,41,43). The number of hydrogen-bond acceptors (Lipinski definition) is 4. The molecule has 2 N–H and O–H groups in total. The van der Waals surface area contributed by atoms with Crippen molar-refractivity contribution in [3.8, 4) is 0 Å². The summed E-state index contributed by atoms with van der Waals surface area (Å²) in [5.74, 6) is -0.295. The summed E-state index contributed by atoms with van der Waals surface area (Å²) < 4.78 is 11.5.